The lowest BCUT2D eigenvalue weighted by atomic mass is 9.90. The summed E-state index contributed by atoms with van der Waals surface area (Å²) in [5.74, 6) is 1.89. The SMILES string of the molecule is c1ccc(-c2nc(-c3ccc4c(c3)sc3ccccc34)nc(N3c4cc5ccccc5cc4-c4cccc5cccc3c45)n2)cc1. The van der Waals surface area contributed by atoms with Gasteiger partial charge in [-0.1, -0.05) is 115 Å². The first-order valence-electron chi connectivity index (χ1n) is 15.4. The van der Waals surface area contributed by atoms with Crippen LogP contribution in [0.5, 0.6) is 0 Å². The van der Waals surface area contributed by atoms with Crippen LogP contribution >= 0.6 is 11.3 Å². The van der Waals surface area contributed by atoms with Crippen LogP contribution in [0.2, 0.25) is 0 Å². The fourth-order valence-electron chi connectivity index (χ4n) is 6.88. The van der Waals surface area contributed by atoms with Crippen molar-refractivity contribution in [1.82, 2.24) is 15.0 Å². The van der Waals surface area contributed by atoms with Gasteiger partial charge in [-0.15, -0.1) is 11.3 Å². The summed E-state index contributed by atoms with van der Waals surface area (Å²) in [5, 5.41) is 7.29. The summed E-state index contributed by atoms with van der Waals surface area (Å²) in [6, 6.07) is 51.5. The van der Waals surface area contributed by atoms with Crippen LogP contribution in [0.3, 0.4) is 0 Å². The Hall–Kier alpha value is -5.91. The van der Waals surface area contributed by atoms with Crippen molar-refractivity contribution in [3.05, 3.63) is 146 Å². The molecule has 1 aliphatic heterocycles. The lowest BCUT2D eigenvalue weighted by molar-refractivity contribution is 1.02. The monoisotopic (exact) mass is 604 g/mol. The molecule has 10 rings (SSSR count). The Morgan fingerprint density at radius 1 is 0.435 bits per heavy atom. The van der Waals surface area contributed by atoms with Crippen LogP contribution in [-0.4, -0.2) is 15.0 Å². The molecule has 0 spiro atoms. The Morgan fingerprint density at radius 2 is 1.13 bits per heavy atom. The van der Waals surface area contributed by atoms with Gasteiger partial charge in [0.05, 0.1) is 11.4 Å². The van der Waals surface area contributed by atoms with Crippen molar-refractivity contribution < 1.29 is 0 Å². The molecule has 0 radical (unpaired) electrons. The highest BCUT2D eigenvalue weighted by atomic mass is 32.1. The van der Waals surface area contributed by atoms with Crippen molar-refractivity contribution in [1.29, 1.82) is 0 Å². The van der Waals surface area contributed by atoms with Gasteiger partial charge in [0.2, 0.25) is 5.95 Å². The zero-order valence-corrected chi connectivity index (χ0v) is 25.4. The number of nitrogens with zero attached hydrogens (tertiary/aromatic N) is 4. The number of aromatic nitrogens is 3. The van der Waals surface area contributed by atoms with Crippen molar-refractivity contribution in [2.75, 3.05) is 4.90 Å². The number of fused-ring (bicyclic) bond motifs is 6. The van der Waals surface area contributed by atoms with E-state index in [4.69, 9.17) is 15.0 Å². The summed E-state index contributed by atoms with van der Waals surface area (Å²) in [4.78, 5) is 17.8. The second-order valence-electron chi connectivity index (χ2n) is 11.7. The topological polar surface area (TPSA) is 41.9 Å². The Kier molecular flexibility index (Phi) is 5.41. The van der Waals surface area contributed by atoms with Gasteiger partial charge in [0.1, 0.15) is 0 Å². The van der Waals surface area contributed by atoms with E-state index in [0.29, 0.717) is 17.6 Å². The minimum atomic E-state index is 0.596. The summed E-state index contributed by atoms with van der Waals surface area (Å²) in [6.45, 7) is 0. The fraction of sp³-hybridized carbons (Fsp3) is 0. The van der Waals surface area contributed by atoms with Crippen molar-refractivity contribution >= 4 is 70.4 Å². The summed E-state index contributed by atoms with van der Waals surface area (Å²) in [7, 11) is 0. The summed E-state index contributed by atoms with van der Waals surface area (Å²) in [5.41, 5.74) is 6.42. The van der Waals surface area contributed by atoms with E-state index in [0.717, 1.165) is 28.1 Å². The van der Waals surface area contributed by atoms with E-state index < -0.39 is 0 Å². The molecular weight excluding hydrogens is 581 g/mol. The largest absolute Gasteiger partial charge is 0.278 e. The van der Waals surface area contributed by atoms with Gasteiger partial charge in [-0.25, -0.2) is 4.98 Å². The van der Waals surface area contributed by atoms with Gasteiger partial charge in [-0.2, -0.15) is 9.97 Å². The maximum absolute atomic E-state index is 5.26. The second-order valence-corrected chi connectivity index (χ2v) is 12.8. The number of hydrogen-bond donors (Lipinski definition) is 0. The molecule has 0 aliphatic carbocycles. The van der Waals surface area contributed by atoms with Gasteiger partial charge < -0.3 is 0 Å². The average molecular weight is 605 g/mol. The Morgan fingerprint density at radius 3 is 2.00 bits per heavy atom. The highest BCUT2D eigenvalue weighted by Crippen LogP contribution is 2.51. The molecule has 0 unspecified atom stereocenters. The molecule has 3 heterocycles. The molecule has 0 amide bonds. The molecule has 0 fully saturated rings. The van der Waals surface area contributed by atoms with Crippen molar-refractivity contribution in [3.8, 4) is 33.9 Å². The molecule has 0 bridgehead atoms. The predicted molar refractivity (Wildman–Crippen MR) is 192 cm³/mol. The first-order valence-corrected chi connectivity index (χ1v) is 16.2. The van der Waals surface area contributed by atoms with Gasteiger partial charge in [-0.05, 0) is 52.1 Å². The molecule has 5 heteroatoms. The number of rotatable bonds is 3. The maximum atomic E-state index is 5.26. The van der Waals surface area contributed by atoms with Crippen LogP contribution in [0.1, 0.15) is 0 Å². The van der Waals surface area contributed by atoms with Gasteiger partial charge in [0.25, 0.3) is 0 Å². The third-order valence-corrected chi connectivity index (χ3v) is 10.1. The molecule has 9 aromatic rings. The predicted octanol–water partition coefficient (Wildman–Crippen LogP) is 11.3. The molecule has 4 nitrogen and oxygen atoms in total. The molecule has 214 valence electrons. The summed E-state index contributed by atoms with van der Waals surface area (Å²) in [6.07, 6.45) is 0. The number of thiophene rings is 1. The first-order chi connectivity index (χ1) is 22.8. The molecule has 0 atom stereocenters. The molecule has 1 aliphatic rings. The molecule has 0 N–H and O–H groups in total. The van der Waals surface area contributed by atoms with Crippen LogP contribution in [0.25, 0.3) is 75.6 Å². The highest BCUT2D eigenvalue weighted by Gasteiger charge is 2.29. The van der Waals surface area contributed by atoms with Crippen LogP contribution in [-0.2, 0) is 0 Å². The summed E-state index contributed by atoms with van der Waals surface area (Å²) >= 11 is 1.80. The molecular formula is C41H24N4S. The minimum Gasteiger partial charge on any atom is -0.278 e. The third-order valence-electron chi connectivity index (χ3n) is 9.01. The van der Waals surface area contributed by atoms with Crippen LogP contribution in [0.15, 0.2) is 146 Å². The third kappa shape index (κ3) is 3.82. The van der Waals surface area contributed by atoms with E-state index >= 15 is 0 Å². The number of hydrogen-bond acceptors (Lipinski definition) is 5. The summed E-state index contributed by atoms with van der Waals surface area (Å²) < 4.78 is 2.50. The van der Waals surface area contributed by atoms with Gasteiger partial charge in [-0.3, -0.25) is 4.90 Å². The standard InChI is InChI=1S/C41H24N4S/c1-2-10-26(11-3-1)39-42-40(29-20-21-31-30-16-6-7-19-36(30)46-37(31)24-29)44-41(43-39)45-34-18-9-15-25-14-8-17-32(38(25)34)33-22-27-12-4-5-13-28(27)23-35(33)45/h1-24H. The van der Waals surface area contributed by atoms with Crippen LogP contribution < -0.4 is 4.90 Å². The Balaban J connectivity index is 1.26. The van der Waals surface area contributed by atoms with Crippen molar-refractivity contribution in [2.24, 2.45) is 0 Å². The number of anilines is 3. The normalized spacial score (nSPS) is 12.3. The van der Waals surface area contributed by atoms with E-state index in [2.05, 4.69) is 132 Å². The lowest BCUT2D eigenvalue weighted by Crippen LogP contribution is -2.18. The van der Waals surface area contributed by atoms with E-state index in [-0.39, 0.29) is 0 Å². The second kappa shape index (κ2) is 9.80. The van der Waals surface area contributed by atoms with Crippen LogP contribution in [0, 0.1) is 0 Å². The van der Waals surface area contributed by atoms with Gasteiger partial charge >= 0.3 is 0 Å². The van der Waals surface area contributed by atoms with E-state index in [1.165, 1.54) is 47.3 Å². The van der Waals surface area contributed by atoms with E-state index in [9.17, 15) is 0 Å². The molecule has 46 heavy (non-hydrogen) atoms. The molecule has 0 saturated carbocycles. The van der Waals surface area contributed by atoms with Gasteiger partial charge in [0, 0.05) is 42.2 Å². The molecule has 7 aromatic carbocycles. The van der Waals surface area contributed by atoms with E-state index in [1.54, 1.807) is 11.3 Å². The highest BCUT2D eigenvalue weighted by molar-refractivity contribution is 7.25. The first kappa shape index (κ1) is 25.4. The molecule has 2 aromatic heterocycles. The average Bonchev–Trinajstić information content (AvgIpc) is 3.49. The van der Waals surface area contributed by atoms with E-state index in [1.807, 2.05) is 18.2 Å². The smallest absolute Gasteiger partial charge is 0.238 e. The lowest BCUT2D eigenvalue weighted by Gasteiger charge is -2.32. The maximum Gasteiger partial charge on any atom is 0.238 e. The minimum absolute atomic E-state index is 0.596. The quantitative estimate of drug-likeness (QED) is 0.201. The van der Waals surface area contributed by atoms with Gasteiger partial charge in [0.15, 0.2) is 11.6 Å². The zero-order chi connectivity index (χ0) is 30.2. The van der Waals surface area contributed by atoms with Crippen molar-refractivity contribution in [2.45, 2.75) is 0 Å². The van der Waals surface area contributed by atoms with Crippen molar-refractivity contribution in [3.63, 3.8) is 0 Å². The zero-order valence-electron chi connectivity index (χ0n) is 24.6. The van der Waals surface area contributed by atoms with Crippen LogP contribution in [0.4, 0.5) is 17.3 Å². The Bertz CT molecular complexity index is 2650. The Labute approximate surface area is 268 Å². The molecule has 0 saturated heterocycles. The number of benzene rings is 7. The fourth-order valence-corrected chi connectivity index (χ4v) is 8.03.